The molecule has 3 aromatic carbocycles. The van der Waals surface area contributed by atoms with Gasteiger partial charge in [0, 0.05) is 26.2 Å². The van der Waals surface area contributed by atoms with Crippen LogP contribution in [0.5, 0.6) is 17.2 Å². The molecule has 0 unspecified atom stereocenters. The lowest BCUT2D eigenvalue weighted by molar-refractivity contribution is -0.479. The highest BCUT2D eigenvalue weighted by atomic mass is 79.9. The van der Waals surface area contributed by atoms with Gasteiger partial charge in [0.25, 0.3) is 0 Å². The van der Waals surface area contributed by atoms with E-state index in [9.17, 15) is 10.1 Å². The van der Waals surface area contributed by atoms with E-state index in [4.69, 9.17) is 37.4 Å². The third kappa shape index (κ3) is 7.85. The molecule has 41 heavy (non-hydrogen) atoms. The van der Waals surface area contributed by atoms with Crippen molar-refractivity contribution in [2.45, 2.75) is 37.8 Å². The van der Waals surface area contributed by atoms with Crippen LogP contribution in [0.15, 0.2) is 64.2 Å². The molecule has 0 bridgehead atoms. The first kappa shape index (κ1) is 31.0. The van der Waals surface area contributed by atoms with Crippen LogP contribution in [0.2, 0.25) is 10.0 Å². The number of aromatic nitrogens is 3. The predicted octanol–water partition coefficient (Wildman–Crippen LogP) is 8.13. The minimum atomic E-state index is -0.606. The first-order valence-corrected chi connectivity index (χ1v) is 15.1. The molecule has 1 atom stereocenters. The lowest BCUT2D eigenvalue weighted by Gasteiger charge is -2.19. The van der Waals surface area contributed by atoms with E-state index in [1.54, 1.807) is 30.3 Å². The first-order valence-electron chi connectivity index (χ1n) is 12.7. The normalized spacial score (nSPS) is 11.8. The van der Waals surface area contributed by atoms with E-state index in [-0.39, 0.29) is 18.1 Å². The van der Waals surface area contributed by atoms with Crippen LogP contribution in [-0.2, 0) is 6.61 Å². The van der Waals surface area contributed by atoms with E-state index < -0.39 is 5.25 Å². The Morgan fingerprint density at radius 1 is 1.02 bits per heavy atom. The highest BCUT2D eigenvalue weighted by Gasteiger charge is 2.26. The average Bonchev–Trinajstić information content (AvgIpc) is 3.29. The number of halogens is 3. The van der Waals surface area contributed by atoms with Gasteiger partial charge in [-0.3, -0.25) is 14.7 Å². The molecule has 0 aliphatic heterocycles. The van der Waals surface area contributed by atoms with E-state index in [1.165, 1.54) is 11.8 Å². The second kappa shape index (κ2) is 14.3. The van der Waals surface area contributed by atoms with Gasteiger partial charge in [0.15, 0.2) is 16.7 Å². The molecule has 0 spiro atoms. The van der Waals surface area contributed by atoms with E-state index in [2.05, 4.69) is 26.1 Å². The minimum Gasteiger partial charge on any atom is -0.494 e. The van der Waals surface area contributed by atoms with Gasteiger partial charge in [0.05, 0.1) is 17.7 Å². The predicted molar refractivity (Wildman–Crippen MR) is 164 cm³/mol. The molecule has 0 aliphatic carbocycles. The molecule has 0 saturated heterocycles. The molecular weight excluding hydrogens is 655 g/mol. The number of thioether (sulfide) groups is 1. The quantitative estimate of drug-likeness (QED) is 0.0792. The molecule has 0 amide bonds. The monoisotopic (exact) mass is 680 g/mol. The molecule has 13 heteroatoms. The second-order valence-electron chi connectivity index (χ2n) is 8.70. The summed E-state index contributed by atoms with van der Waals surface area (Å²) in [6.45, 7) is 6.36. The van der Waals surface area contributed by atoms with Crippen molar-refractivity contribution in [3.8, 4) is 22.9 Å². The van der Waals surface area contributed by atoms with Crippen LogP contribution in [0.4, 0.5) is 0 Å². The summed E-state index contributed by atoms with van der Waals surface area (Å²) in [5.74, 6) is 2.30. The Kier molecular flexibility index (Phi) is 10.8. The summed E-state index contributed by atoms with van der Waals surface area (Å²) < 4.78 is 20.0. The molecule has 0 aliphatic rings. The van der Waals surface area contributed by atoms with E-state index in [1.807, 2.05) is 49.6 Å². The van der Waals surface area contributed by atoms with Crippen LogP contribution in [0.1, 0.15) is 36.0 Å². The summed E-state index contributed by atoms with van der Waals surface area (Å²) in [7, 11) is 0. The van der Waals surface area contributed by atoms with Crippen LogP contribution in [0.25, 0.3) is 5.69 Å². The Morgan fingerprint density at radius 3 is 2.41 bits per heavy atom. The Hall–Kier alpha value is -2.99. The Balaban J connectivity index is 1.65. The van der Waals surface area contributed by atoms with Gasteiger partial charge in [-0.25, -0.2) is 0 Å². The first-order chi connectivity index (χ1) is 19.7. The van der Waals surface area contributed by atoms with Crippen molar-refractivity contribution in [2.24, 2.45) is 0 Å². The molecule has 216 valence electrons. The fourth-order valence-electron chi connectivity index (χ4n) is 4.01. The van der Waals surface area contributed by atoms with Crippen molar-refractivity contribution in [3.63, 3.8) is 0 Å². The van der Waals surface area contributed by atoms with Crippen molar-refractivity contribution in [1.82, 2.24) is 14.8 Å². The molecule has 0 radical (unpaired) electrons. The topological polar surface area (TPSA) is 102 Å². The maximum Gasteiger partial charge on any atom is 0.220 e. The molecule has 1 aromatic heterocycles. The van der Waals surface area contributed by atoms with Gasteiger partial charge in [-0.05, 0) is 90.8 Å². The molecule has 1 heterocycles. The average molecular weight is 682 g/mol. The molecule has 4 aromatic rings. The molecular formula is C28H27BrCl2N4O5S. The fourth-order valence-corrected chi connectivity index (χ4v) is 6.20. The molecule has 0 fully saturated rings. The van der Waals surface area contributed by atoms with E-state index in [0.717, 1.165) is 17.0 Å². The second-order valence-corrected chi connectivity index (χ2v) is 11.6. The molecule has 9 nitrogen and oxygen atoms in total. The van der Waals surface area contributed by atoms with Crippen LogP contribution in [0.3, 0.4) is 0 Å². The van der Waals surface area contributed by atoms with Crippen LogP contribution < -0.4 is 14.2 Å². The van der Waals surface area contributed by atoms with Crippen molar-refractivity contribution in [1.29, 1.82) is 0 Å². The zero-order valence-corrected chi connectivity index (χ0v) is 26.4. The lowest BCUT2D eigenvalue weighted by atomic mass is 10.1. The van der Waals surface area contributed by atoms with Gasteiger partial charge >= 0.3 is 0 Å². The van der Waals surface area contributed by atoms with Gasteiger partial charge in [-0.2, -0.15) is 0 Å². The number of nitrogens with zero attached hydrogens (tertiary/aromatic N) is 4. The standard InChI is InChI=1S/C28H27BrCl2N4O5S/c1-4-38-22-10-8-21(9-11-22)35-17(3)32-33-28(35)41-26(15-34(36)37)19-12-23(29)27(25(13-19)39-5-2)40-16-18-6-7-20(30)14-24(18)31/h6-14,26H,4-5,15-16H2,1-3H3/t26-/m0/s1. The minimum absolute atomic E-state index is 0.172. The zero-order valence-electron chi connectivity index (χ0n) is 22.5. The van der Waals surface area contributed by atoms with Gasteiger partial charge in [0.1, 0.15) is 23.4 Å². The lowest BCUT2D eigenvalue weighted by Crippen LogP contribution is -2.12. The number of aryl methyl sites for hydroxylation is 1. The van der Waals surface area contributed by atoms with Crippen molar-refractivity contribution < 1.29 is 19.1 Å². The Labute approximate surface area is 260 Å². The van der Waals surface area contributed by atoms with Crippen molar-refractivity contribution in [2.75, 3.05) is 19.8 Å². The van der Waals surface area contributed by atoms with Gasteiger partial charge in [-0.15, -0.1) is 10.2 Å². The maximum absolute atomic E-state index is 11.8. The summed E-state index contributed by atoms with van der Waals surface area (Å²) in [6.07, 6.45) is 0. The number of rotatable bonds is 13. The Bertz CT molecular complexity index is 1520. The molecule has 0 saturated carbocycles. The third-order valence-electron chi connectivity index (χ3n) is 5.85. The number of benzene rings is 3. The summed E-state index contributed by atoms with van der Waals surface area (Å²) >= 11 is 17.2. The van der Waals surface area contributed by atoms with Crippen LogP contribution in [0, 0.1) is 17.0 Å². The van der Waals surface area contributed by atoms with Gasteiger partial charge < -0.3 is 14.2 Å². The Morgan fingerprint density at radius 2 is 1.76 bits per heavy atom. The van der Waals surface area contributed by atoms with Crippen LogP contribution in [-0.4, -0.2) is 39.4 Å². The smallest absolute Gasteiger partial charge is 0.220 e. The highest BCUT2D eigenvalue weighted by molar-refractivity contribution is 9.10. The summed E-state index contributed by atoms with van der Waals surface area (Å²) in [5.41, 5.74) is 2.23. The van der Waals surface area contributed by atoms with E-state index >= 15 is 0 Å². The number of hydrogen-bond donors (Lipinski definition) is 0. The summed E-state index contributed by atoms with van der Waals surface area (Å²) in [6, 6.07) is 16.3. The maximum atomic E-state index is 11.8. The number of hydrogen-bond acceptors (Lipinski definition) is 8. The fraction of sp³-hybridized carbons (Fsp3) is 0.286. The molecule has 4 rings (SSSR count). The van der Waals surface area contributed by atoms with Gasteiger partial charge in [0.2, 0.25) is 6.54 Å². The summed E-state index contributed by atoms with van der Waals surface area (Å²) in [5, 5.41) is 21.3. The largest absolute Gasteiger partial charge is 0.494 e. The number of nitro groups is 1. The number of ether oxygens (including phenoxy) is 3. The van der Waals surface area contributed by atoms with E-state index in [0.29, 0.717) is 55.8 Å². The SMILES string of the molecule is CCOc1ccc(-n2c(C)nnc2S[C@@H](C[N+](=O)[O-])c2cc(Br)c(OCc3ccc(Cl)cc3Cl)c(OCC)c2)cc1. The molecule has 0 N–H and O–H groups in total. The van der Waals surface area contributed by atoms with Crippen molar-refractivity contribution >= 4 is 50.9 Å². The van der Waals surface area contributed by atoms with Crippen LogP contribution >= 0.6 is 50.9 Å². The van der Waals surface area contributed by atoms with Gasteiger partial charge in [-0.1, -0.05) is 41.0 Å². The highest BCUT2D eigenvalue weighted by Crippen LogP contribution is 2.43. The third-order valence-corrected chi connectivity index (χ3v) is 8.21. The van der Waals surface area contributed by atoms with Crippen molar-refractivity contribution in [3.05, 3.63) is 96.2 Å². The summed E-state index contributed by atoms with van der Waals surface area (Å²) in [4.78, 5) is 11.4. The zero-order chi connectivity index (χ0) is 29.5.